The number of unbranched alkanes of at least 4 members (excludes halogenated alkanes) is 8. The molecule has 0 aromatic rings. The number of carbonyl (C=O) groups is 1. The molecule has 0 bridgehead atoms. The van der Waals surface area contributed by atoms with Gasteiger partial charge in [0.25, 0.3) is 0 Å². The first kappa shape index (κ1) is 18.8. The number of hydrogen-bond donors (Lipinski definition) is 1. The van der Waals surface area contributed by atoms with E-state index in [4.69, 9.17) is 0 Å². The van der Waals surface area contributed by atoms with Crippen LogP contribution < -0.4 is 0 Å². The van der Waals surface area contributed by atoms with Crippen molar-refractivity contribution in [2.75, 3.05) is 5.75 Å². The fraction of sp³-hybridized carbons (Fsp3) is 0.938. The van der Waals surface area contributed by atoms with Crippen molar-refractivity contribution in [1.29, 1.82) is 0 Å². The Morgan fingerprint density at radius 3 is 2.00 bits per heavy atom. The molecule has 2 nitrogen and oxygen atoms in total. The lowest BCUT2D eigenvalue weighted by molar-refractivity contribution is -0.136. The van der Waals surface area contributed by atoms with E-state index < -0.39 is 5.97 Å². The summed E-state index contributed by atoms with van der Waals surface area (Å²) in [5.74, 6) is 0.393. The van der Waals surface area contributed by atoms with Crippen LogP contribution in [0.3, 0.4) is 0 Å². The highest BCUT2D eigenvalue weighted by molar-refractivity contribution is 8.00. The van der Waals surface area contributed by atoms with Crippen LogP contribution in [0, 0.1) is 0 Å². The van der Waals surface area contributed by atoms with E-state index in [1.54, 1.807) is 11.8 Å². The molecule has 1 atom stereocenters. The summed E-state index contributed by atoms with van der Waals surface area (Å²) in [6.45, 7) is 4.41. The second kappa shape index (κ2) is 14.2. The molecule has 0 aromatic heterocycles. The molecule has 0 rings (SSSR count). The average Bonchev–Trinajstić information content (AvgIpc) is 2.39. The monoisotopic (exact) mass is 288 g/mol. The molecule has 3 heteroatoms. The van der Waals surface area contributed by atoms with E-state index in [0.29, 0.717) is 0 Å². The van der Waals surface area contributed by atoms with Crippen LogP contribution in [0.2, 0.25) is 0 Å². The molecule has 0 aliphatic rings. The van der Waals surface area contributed by atoms with E-state index in [1.807, 2.05) is 0 Å². The highest BCUT2D eigenvalue weighted by Gasteiger charge is 2.16. The zero-order valence-corrected chi connectivity index (χ0v) is 13.6. The maximum Gasteiger partial charge on any atom is 0.316 e. The molecule has 0 saturated carbocycles. The fourth-order valence-corrected chi connectivity index (χ4v) is 3.27. The Morgan fingerprint density at radius 2 is 1.42 bits per heavy atom. The molecular weight excluding hydrogens is 256 g/mol. The number of carboxylic acids is 1. The molecule has 0 aliphatic carbocycles. The smallest absolute Gasteiger partial charge is 0.316 e. The van der Waals surface area contributed by atoms with Crippen LogP contribution in [0.15, 0.2) is 0 Å². The molecule has 0 aromatic carbocycles. The first-order valence-corrected chi connectivity index (χ1v) is 9.11. The number of rotatable bonds is 14. The average molecular weight is 288 g/mol. The third kappa shape index (κ3) is 12.6. The van der Waals surface area contributed by atoms with Crippen molar-refractivity contribution >= 4 is 17.7 Å². The topological polar surface area (TPSA) is 37.3 Å². The van der Waals surface area contributed by atoms with Crippen LogP contribution in [0.5, 0.6) is 0 Å². The van der Waals surface area contributed by atoms with E-state index in [1.165, 1.54) is 57.8 Å². The molecule has 1 unspecified atom stereocenters. The molecule has 0 heterocycles. The molecule has 114 valence electrons. The van der Waals surface area contributed by atoms with Gasteiger partial charge in [-0.05, 0) is 18.6 Å². The van der Waals surface area contributed by atoms with E-state index in [2.05, 4.69) is 13.8 Å². The highest BCUT2D eigenvalue weighted by atomic mass is 32.2. The maximum atomic E-state index is 11.1. The van der Waals surface area contributed by atoms with Gasteiger partial charge in [-0.3, -0.25) is 4.79 Å². The lowest BCUT2D eigenvalue weighted by Gasteiger charge is -2.11. The van der Waals surface area contributed by atoms with Crippen LogP contribution in [-0.2, 0) is 4.79 Å². The SMILES string of the molecule is CCCCCCCCSC(CCCCCC)C(=O)O. The highest BCUT2D eigenvalue weighted by Crippen LogP contribution is 2.20. The van der Waals surface area contributed by atoms with Gasteiger partial charge in [0, 0.05) is 0 Å². The first-order chi connectivity index (χ1) is 9.22. The lowest BCUT2D eigenvalue weighted by Crippen LogP contribution is -2.16. The summed E-state index contributed by atoms with van der Waals surface area (Å²) in [6.07, 6.45) is 13.2. The fourth-order valence-electron chi connectivity index (χ4n) is 2.14. The van der Waals surface area contributed by atoms with Crippen molar-refractivity contribution in [2.45, 2.75) is 89.7 Å². The molecule has 1 N–H and O–H groups in total. The van der Waals surface area contributed by atoms with Crippen LogP contribution in [0.1, 0.15) is 84.5 Å². The van der Waals surface area contributed by atoms with Gasteiger partial charge in [0.15, 0.2) is 0 Å². The standard InChI is InChI=1S/C16H32O2S/c1-3-5-7-9-10-12-14-19-15(16(17)18)13-11-8-6-4-2/h15H,3-14H2,1-2H3,(H,17,18). The third-order valence-electron chi connectivity index (χ3n) is 3.41. The third-order valence-corrected chi connectivity index (χ3v) is 4.78. The number of aliphatic carboxylic acids is 1. The normalized spacial score (nSPS) is 12.5. The predicted octanol–water partition coefficient (Wildman–Crippen LogP) is 5.50. The largest absolute Gasteiger partial charge is 0.480 e. The summed E-state index contributed by atoms with van der Waals surface area (Å²) >= 11 is 1.65. The molecule has 0 radical (unpaired) electrons. The Morgan fingerprint density at radius 1 is 0.895 bits per heavy atom. The molecule has 19 heavy (non-hydrogen) atoms. The zero-order chi connectivity index (χ0) is 14.3. The van der Waals surface area contributed by atoms with Crippen molar-refractivity contribution < 1.29 is 9.90 Å². The Bertz CT molecular complexity index is 207. The van der Waals surface area contributed by atoms with Crippen molar-refractivity contribution in [3.05, 3.63) is 0 Å². The van der Waals surface area contributed by atoms with Gasteiger partial charge in [0.2, 0.25) is 0 Å². The molecule has 0 amide bonds. The molecular formula is C16H32O2S. The summed E-state index contributed by atoms with van der Waals surface area (Å²) in [5.41, 5.74) is 0. The number of hydrogen-bond acceptors (Lipinski definition) is 2. The first-order valence-electron chi connectivity index (χ1n) is 8.06. The van der Waals surface area contributed by atoms with E-state index in [0.717, 1.165) is 18.6 Å². The number of carboxylic acid groups (broad SMARTS) is 1. The van der Waals surface area contributed by atoms with Gasteiger partial charge in [-0.1, -0.05) is 71.6 Å². The van der Waals surface area contributed by atoms with Gasteiger partial charge in [-0.15, -0.1) is 11.8 Å². The van der Waals surface area contributed by atoms with Gasteiger partial charge in [-0.2, -0.15) is 0 Å². The maximum absolute atomic E-state index is 11.1. The molecule has 0 aliphatic heterocycles. The minimum Gasteiger partial charge on any atom is -0.480 e. The van der Waals surface area contributed by atoms with Gasteiger partial charge in [0.1, 0.15) is 5.25 Å². The quantitative estimate of drug-likeness (QED) is 0.429. The minimum atomic E-state index is -0.618. The van der Waals surface area contributed by atoms with Crippen molar-refractivity contribution in [2.24, 2.45) is 0 Å². The predicted molar refractivity (Wildman–Crippen MR) is 86.0 cm³/mol. The summed E-state index contributed by atoms with van der Waals surface area (Å²) in [5, 5.41) is 9.01. The Kier molecular flexibility index (Phi) is 14.1. The Hall–Kier alpha value is -0.180. The summed E-state index contributed by atoms with van der Waals surface area (Å²) in [4.78, 5) is 11.1. The Balaban J connectivity index is 3.51. The van der Waals surface area contributed by atoms with Crippen LogP contribution in [-0.4, -0.2) is 22.1 Å². The van der Waals surface area contributed by atoms with Crippen molar-refractivity contribution in [3.8, 4) is 0 Å². The van der Waals surface area contributed by atoms with Gasteiger partial charge in [0.05, 0.1) is 0 Å². The summed E-state index contributed by atoms with van der Waals surface area (Å²) in [7, 11) is 0. The van der Waals surface area contributed by atoms with E-state index in [-0.39, 0.29) is 5.25 Å². The molecule has 0 fully saturated rings. The summed E-state index contributed by atoms with van der Waals surface area (Å²) < 4.78 is 0. The van der Waals surface area contributed by atoms with Crippen molar-refractivity contribution in [1.82, 2.24) is 0 Å². The van der Waals surface area contributed by atoms with Crippen LogP contribution >= 0.6 is 11.8 Å². The lowest BCUT2D eigenvalue weighted by atomic mass is 10.1. The second-order valence-corrected chi connectivity index (χ2v) is 6.63. The number of thioether (sulfide) groups is 1. The van der Waals surface area contributed by atoms with Crippen LogP contribution in [0.25, 0.3) is 0 Å². The van der Waals surface area contributed by atoms with Crippen molar-refractivity contribution in [3.63, 3.8) is 0 Å². The molecule has 0 saturated heterocycles. The minimum absolute atomic E-state index is 0.174. The van der Waals surface area contributed by atoms with Gasteiger partial charge < -0.3 is 5.11 Å². The van der Waals surface area contributed by atoms with Gasteiger partial charge >= 0.3 is 5.97 Å². The zero-order valence-electron chi connectivity index (χ0n) is 12.8. The van der Waals surface area contributed by atoms with E-state index in [9.17, 15) is 9.90 Å². The summed E-state index contributed by atoms with van der Waals surface area (Å²) in [6, 6.07) is 0. The second-order valence-electron chi connectivity index (χ2n) is 5.31. The molecule has 0 spiro atoms. The van der Waals surface area contributed by atoms with E-state index >= 15 is 0 Å². The van der Waals surface area contributed by atoms with Crippen LogP contribution in [0.4, 0.5) is 0 Å². The van der Waals surface area contributed by atoms with Gasteiger partial charge in [-0.25, -0.2) is 0 Å². The Labute approximate surface area is 123 Å².